The van der Waals surface area contributed by atoms with Crippen molar-refractivity contribution in [2.45, 2.75) is 32.8 Å². The summed E-state index contributed by atoms with van der Waals surface area (Å²) >= 11 is 0. The number of aryl methyl sites for hydroxylation is 1. The van der Waals surface area contributed by atoms with Crippen molar-refractivity contribution in [3.05, 3.63) is 77.4 Å². The van der Waals surface area contributed by atoms with Crippen molar-refractivity contribution < 1.29 is 23.0 Å². The van der Waals surface area contributed by atoms with Gasteiger partial charge in [0.2, 0.25) is 11.8 Å². The van der Waals surface area contributed by atoms with Crippen LogP contribution in [0.3, 0.4) is 0 Å². The van der Waals surface area contributed by atoms with E-state index in [0.29, 0.717) is 39.9 Å². The van der Waals surface area contributed by atoms with Crippen molar-refractivity contribution >= 4 is 17.4 Å². The first kappa shape index (κ1) is 23.5. The number of hydrogen-bond donors (Lipinski definition) is 2. The van der Waals surface area contributed by atoms with Gasteiger partial charge < -0.3 is 14.8 Å². The van der Waals surface area contributed by atoms with E-state index in [1.807, 2.05) is 0 Å². The van der Waals surface area contributed by atoms with Crippen molar-refractivity contribution in [2.24, 2.45) is 0 Å². The SMILES string of the molecule is Cc1nc2c(OCc3c(F)cccc3F)cccn2c1-c1nc2c(c(Oc3cn[nH]c3)n1)C(C)(C)C(=O)N2. The molecular formula is C26H21F2N7O3. The number of aromatic amines is 1. The van der Waals surface area contributed by atoms with Crippen LogP contribution in [-0.2, 0) is 16.8 Å². The maximum atomic E-state index is 14.1. The zero-order chi connectivity index (χ0) is 26.6. The van der Waals surface area contributed by atoms with Crippen molar-refractivity contribution in [3.63, 3.8) is 0 Å². The number of pyridine rings is 1. The van der Waals surface area contributed by atoms with Gasteiger partial charge in [-0.15, -0.1) is 0 Å². The number of H-pyrrole nitrogens is 1. The number of imidazole rings is 1. The zero-order valence-corrected chi connectivity index (χ0v) is 20.5. The maximum Gasteiger partial charge on any atom is 0.235 e. The molecule has 0 bridgehead atoms. The largest absolute Gasteiger partial charge is 0.485 e. The monoisotopic (exact) mass is 517 g/mol. The van der Waals surface area contributed by atoms with Gasteiger partial charge in [-0.1, -0.05) is 6.07 Å². The van der Waals surface area contributed by atoms with E-state index in [-0.39, 0.29) is 29.8 Å². The molecule has 0 unspecified atom stereocenters. The molecule has 2 N–H and O–H groups in total. The highest BCUT2D eigenvalue weighted by molar-refractivity contribution is 6.05. The standard InChI is InChI=1S/C26H21F2N7O3/c1-13-20(35-9-5-8-18(23(35)31-13)37-12-15-16(27)6-4-7-17(15)28)22-32-21-19(26(2,3)25(36)34-21)24(33-22)38-14-10-29-30-11-14/h4-11H,12H2,1-3H3,(H,29,30)(H,32,33,34,36). The number of ether oxygens (including phenoxy) is 2. The Morgan fingerprint density at radius 1 is 1.08 bits per heavy atom. The molecule has 12 heteroatoms. The van der Waals surface area contributed by atoms with E-state index in [1.54, 1.807) is 49.7 Å². The number of benzene rings is 1. The number of aromatic nitrogens is 6. The van der Waals surface area contributed by atoms with Crippen LogP contribution in [0, 0.1) is 18.6 Å². The fourth-order valence-corrected chi connectivity index (χ4v) is 4.42. The predicted octanol–water partition coefficient (Wildman–Crippen LogP) is 4.70. The van der Waals surface area contributed by atoms with Crippen molar-refractivity contribution in [1.29, 1.82) is 0 Å². The molecule has 5 aromatic rings. The van der Waals surface area contributed by atoms with E-state index in [2.05, 4.69) is 30.5 Å². The molecule has 0 saturated heterocycles. The van der Waals surface area contributed by atoms with Crippen molar-refractivity contribution in [2.75, 3.05) is 5.32 Å². The Morgan fingerprint density at radius 2 is 1.87 bits per heavy atom. The lowest BCUT2D eigenvalue weighted by Gasteiger charge is -2.18. The summed E-state index contributed by atoms with van der Waals surface area (Å²) in [5.74, 6) is -0.109. The minimum atomic E-state index is -0.926. The number of nitrogens with one attached hydrogen (secondary N) is 2. The van der Waals surface area contributed by atoms with E-state index in [4.69, 9.17) is 9.47 Å². The molecule has 0 spiro atoms. The third-order valence-corrected chi connectivity index (χ3v) is 6.42. The van der Waals surface area contributed by atoms with Gasteiger partial charge in [0.1, 0.15) is 29.8 Å². The summed E-state index contributed by atoms with van der Waals surface area (Å²) in [6, 6.07) is 7.02. The smallest absolute Gasteiger partial charge is 0.235 e. The van der Waals surface area contributed by atoms with Gasteiger partial charge in [0.25, 0.3) is 0 Å². The van der Waals surface area contributed by atoms with Gasteiger partial charge >= 0.3 is 0 Å². The molecule has 0 saturated carbocycles. The molecule has 10 nitrogen and oxygen atoms in total. The minimum Gasteiger partial charge on any atom is -0.485 e. The first-order chi connectivity index (χ1) is 18.2. The first-order valence-electron chi connectivity index (χ1n) is 11.7. The molecule has 6 rings (SSSR count). The second-order valence-corrected chi connectivity index (χ2v) is 9.29. The first-order valence-corrected chi connectivity index (χ1v) is 11.7. The van der Waals surface area contributed by atoms with Gasteiger partial charge in [0.15, 0.2) is 23.0 Å². The quantitative estimate of drug-likeness (QED) is 0.335. The fourth-order valence-electron chi connectivity index (χ4n) is 4.42. The lowest BCUT2D eigenvalue weighted by Crippen LogP contribution is -2.27. The fraction of sp³-hybridized carbons (Fsp3) is 0.192. The molecular weight excluding hydrogens is 496 g/mol. The molecule has 0 aliphatic carbocycles. The molecule has 0 radical (unpaired) electrons. The van der Waals surface area contributed by atoms with E-state index in [9.17, 15) is 13.6 Å². The third kappa shape index (κ3) is 3.72. The van der Waals surface area contributed by atoms with Gasteiger partial charge in [-0.25, -0.2) is 18.7 Å². The molecule has 1 amide bonds. The molecule has 1 aliphatic heterocycles. The average molecular weight is 517 g/mol. The van der Waals surface area contributed by atoms with Gasteiger partial charge in [-0.3, -0.25) is 14.3 Å². The summed E-state index contributed by atoms with van der Waals surface area (Å²) < 4.78 is 41.7. The average Bonchev–Trinajstić information content (AvgIpc) is 3.55. The van der Waals surface area contributed by atoms with Crippen LogP contribution in [0.2, 0.25) is 0 Å². The van der Waals surface area contributed by atoms with Gasteiger partial charge in [-0.05, 0) is 45.0 Å². The normalized spacial score (nSPS) is 14.0. The van der Waals surface area contributed by atoms with Crippen LogP contribution in [-0.4, -0.2) is 35.5 Å². The van der Waals surface area contributed by atoms with Gasteiger partial charge in [0.05, 0.1) is 34.6 Å². The molecule has 192 valence electrons. The lowest BCUT2D eigenvalue weighted by molar-refractivity contribution is -0.119. The highest BCUT2D eigenvalue weighted by Crippen LogP contribution is 2.44. The molecule has 4 aromatic heterocycles. The number of anilines is 1. The summed E-state index contributed by atoms with van der Waals surface area (Å²) in [6.07, 6.45) is 4.80. The molecule has 0 atom stereocenters. The summed E-state index contributed by atoms with van der Waals surface area (Å²) in [5.41, 5.74) is 0.915. The number of hydrogen-bond acceptors (Lipinski definition) is 7. The van der Waals surface area contributed by atoms with E-state index >= 15 is 0 Å². The van der Waals surface area contributed by atoms with Gasteiger partial charge in [0, 0.05) is 6.20 Å². The lowest BCUT2D eigenvalue weighted by atomic mass is 9.87. The van der Waals surface area contributed by atoms with Crippen molar-refractivity contribution in [3.8, 4) is 28.9 Å². The van der Waals surface area contributed by atoms with Crippen LogP contribution in [0.1, 0.15) is 30.7 Å². The Morgan fingerprint density at radius 3 is 2.61 bits per heavy atom. The van der Waals surface area contributed by atoms with Crippen molar-refractivity contribution in [1.82, 2.24) is 29.5 Å². The number of halogens is 2. The highest BCUT2D eigenvalue weighted by atomic mass is 19.1. The molecule has 5 heterocycles. The number of nitrogens with zero attached hydrogens (tertiary/aromatic N) is 5. The summed E-state index contributed by atoms with van der Waals surface area (Å²) in [7, 11) is 0. The van der Waals surface area contributed by atoms with Crippen LogP contribution in [0.25, 0.3) is 17.2 Å². The Kier molecular flexibility index (Phi) is 5.33. The highest BCUT2D eigenvalue weighted by Gasteiger charge is 2.44. The second kappa shape index (κ2) is 8.61. The molecule has 1 aliphatic rings. The van der Waals surface area contributed by atoms with E-state index in [0.717, 1.165) is 0 Å². The Balaban J connectivity index is 1.45. The Hall–Kier alpha value is -4.87. The topological polar surface area (TPSA) is 119 Å². The van der Waals surface area contributed by atoms with Crippen LogP contribution in [0.4, 0.5) is 14.6 Å². The van der Waals surface area contributed by atoms with Crippen LogP contribution in [0.5, 0.6) is 17.4 Å². The predicted molar refractivity (Wildman–Crippen MR) is 132 cm³/mol. The molecule has 38 heavy (non-hydrogen) atoms. The van der Waals surface area contributed by atoms with Crippen LogP contribution >= 0.6 is 0 Å². The summed E-state index contributed by atoms with van der Waals surface area (Å²) in [5, 5.41) is 9.40. The van der Waals surface area contributed by atoms with Crippen LogP contribution < -0.4 is 14.8 Å². The molecule has 0 fully saturated rings. The Bertz CT molecular complexity index is 1690. The summed E-state index contributed by atoms with van der Waals surface area (Å²) in [4.78, 5) is 26.7. The van der Waals surface area contributed by atoms with E-state index in [1.165, 1.54) is 24.4 Å². The number of fused-ring (bicyclic) bond motifs is 2. The van der Waals surface area contributed by atoms with Gasteiger partial charge in [-0.2, -0.15) is 10.1 Å². The van der Waals surface area contributed by atoms with E-state index < -0.39 is 17.0 Å². The Labute approximate surface area is 214 Å². The second-order valence-electron chi connectivity index (χ2n) is 9.29. The number of carbonyl (C=O) groups excluding carboxylic acids is 1. The zero-order valence-electron chi connectivity index (χ0n) is 20.5. The number of amides is 1. The molecule has 1 aromatic carbocycles. The summed E-state index contributed by atoms with van der Waals surface area (Å²) in [6.45, 7) is 4.98. The minimum absolute atomic E-state index is 0.181. The number of carbonyl (C=O) groups is 1. The van der Waals surface area contributed by atoms with Crippen LogP contribution in [0.15, 0.2) is 48.9 Å². The third-order valence-electron chi connectivity index (χ3n) is 6.42. The number of rotatable bonds is 6. The maximum absolute atomic E-state index is 14.1.